The number of halogens is 1. The number of rotatable bonds is 6. The van der Waals surface area contributed by atoms with Crippen LogP contribution in [-0.2, 0) is 19.9 Å². The lowest BCUT2D eigenvalue weighted by Gasteiger charge is -2.26. The van der Waals surface area contributed by atoms with E-state index in [9.17, 15) is 16.8 Å². The van der Waals surface area contributed by atoms with Crippen LogP contribution in [0.5, 0.6) is 0 Å². The third-order valence-corrected chi connectivity index (χ3v) is 7.71. The third-order valence-electron chi connectivity index (χ3n) is 2.98. The topological polar surface area (TPSA) is 80.3 Å². The molecule has 0 bridgehead atoms. The third kappa shape index (κ3) is 5.23. The van der Waals surface area contributed by atoms with Gasteiger partial charge in [0.15, 0.2) is 14.9 Å². The van der Waals surface area contributed by atoms with Gasteiger partial charge in [0.25, 0.3) is 0 Å². The van der Waals surface area contributed by atoms with E-state index in [-0.39, 0.29) is 5.41 Å². The molecule has 0 radical (unpaired) electrons. The van der Waals surface area contributed by atoms with Crippen molar-refractivity contribution in [3.05, 3.63) is 0 Å². The van der Waals surface area contributed by atoms with Crippen molar-refractivity contribution in [2.75, 3.05) is 23.2 Å². The van der Waals surface area contributed by atoms with E-state index in [0.29, 0.717) is 6.54 Å². The van der Waals surface area contributed by atoms with E-state index in [1.165, 1.54) is 0 Å². The van der Waals surface area contributed by atoms with E-state index in [1.54, 1.807) is 0 Å². The second-order valence-electron chi connectivity index (χ2n) is 4.82. The molecular weight excluding hydrogens is 330 g/mol. The van der Waals surface area contributed by atoms with Crippen LogP contribution in [0.3, 0.4) is 0 Å². The van der Waals surface area contributed by atoms with Crippen LogP contribution in [0.1, 0.15) is 25.7 Å². The number of hydrogen-bond donors (Lipinski definition) is 1. The summed E-state index contributed by atoms with van der Waals surface area (Å²) in [5.41, 5.74) is -0.0510. The molecule has 0 spiro atoms. The van der Waals surface area contributed by atoms with Gasteiger partial charge in [-0.15, -0.1) is 0 Å². The molecule has 0 aliphatic heterocycles. The summed E-state index contributed by atoms with van der Waals surface area (Å²) in [5.74, 6) is 0. The summed E-state index contributed by atoms with van der Waals surface area (Å²) in [6.07, 6.45) is 5.06. The monoisotopic (exact) mass is 347 g/mol. The fourth-order valence-electron chi connectivity index (χ4n) is 2.07. The Morgan fingerprint density at radius 3 is 2.12 bits per heavy atom. The average molecular weight is 348 g/mol. The Balaban J connectivity index is 2.60. The molecule has 0 aromatic heterocycles. The van der Waals surface area contributed by atoms with Gasteiger partial charge in [0.05, 0.1) is 0 Å². The highest BCUT2D eigenvalue weighted by Crippen LogP contribution is 2.39. The molecule has 0 unspecified atom stereocenters. The maximum absolute atomic E-state index is 11.6. The van der Waals surface area contributed by atoms with Gasteiger partial charge in [-0.3, -0.25) is 0 Å². The second-order valence-corrected chi connectivity index (χ2v) is 9.69. The zero-order chi connectivity index (χ0) is 13.2. The molecule has 0 amide bonds. The minimum Gasteiger partial charge on any atom is -0.228 e. The maximum atomic E-state index is 11.6. The van der Waals surface area contributed by atoms with Gasteiger partial charge >= 0.3 is 0 Å². The molecule has 17 heavy (non-hydrogen) atoms. The first-order valence-corrected chi connectivity index (χ1v) is 10.2. The molecule has 0 heterocycles. The molecule has 1 saturated carbocycles. The van der Waals surface area contributed by atoms with Crippen molar-refractivity contribution in [3.8, 4) is 0 Å². The highest BCUT2D eigenvalue weighted by atomic mass is 79.9. The van der Waals surface area contributed by atoms with E-state index >= 15 is 0 Å². The van der Waals surface area contributed by atoms with Crippen molar-refractivity contribution >= 4 is 35.8 Å². The summed E-state index contributed by atoms with van der Waals surface area (Å²) < 4.78 is 47.5. The lowest BCUT2D eigenvalue weighted by molar-refractivity contribution is 0.348. The summed E-state index contributed by atoms with van der Waals surface area (Å²) in [6.45, 7) is 0.316. The molecule has 0 aromatic carbocycles. The van der Waals surface area contributed by atoms with E-state index in [0.717, 1.165) is 37.3 Å². The van der Waals surface area contributed by atoms with Gasteiger partial charge in [0, 0.05) is 18.1 Å². The smallest absolute Gasteiger partial charge is 0.226 e. The Morgan fingerprint density at radius 2 is 1.71 bits per heavy atom. The van der Waals surface area contributed by atoms with Gasteiger partial charge in [-0.2, -0.15) is 0 Å². The first-order valence-electron chi connectivity index (χ1n) is 5.39. The zero-order valence-corrected chi connectivity index (χ0v) is 13.0. The highest BCUT2D eigenvalue weighted by Gasteiger charge is 2.34. The zero-order valence-electron chi connectivity index (χ0n) is 9.78. The lowest BCUT2D eigenvalue weighted by atomic mass is 9.89. The fourth-order valence-corrected chi connectivity index (χ4v) is 5.94. The normalized spacial score (nSPS) is 20.6. The molecule has 1 fully saturated rings. The molecule has 102 valence electrons. The molecule has 0 atom stereocenters. The van der Waals surface area contributed by atoms with Crippen molar-refractivity contribution in [1.29, 1.82) is 0 Å². The van der Waals surface area contributed by atoms with Crippen LogP contribution in [0, 0.1) is 5.41 Å². The fraction of sp³-hybridized carbons (Fsp3) is 1.00. The van der Waals surface area contributed by atoms with E-state index in [4.69, 9.17) is 0 Å². The van der Waals surface area contributed by atoms with E-state index < -0.39 is 24.9 Å². The molecule has 5 nitrogen and oxygen atoms in total. The van der Waals surface area contributed by atoms with Crippen LogP contribution < -0.4 is 4.72 Å². The van der Waals surface area contributed by atoms with E-state index in [2.05, 4.69) is 20.7 Å². The van der Waals surface area contributed by atoms with E-state index in [1.807, 2.05) is 0 Å². The van der Waals surface area contributed by atoms with Gasteiger partial charge in [0.2, 0.25) is 10.0 Å². The van der Waals surface area contributed by atoms with Crippen LogP contribution in [-0.4, -0.2) is 40.1 Å². The average Bonchev–Trinajstić information content (AvgIpc) is 2.60. The van der Waals surface area contributed by atoms with Gasteiger partial charge < -0.3 is 0 Å². The van der Waals surface area contributed by atoms with Crippen molar-refractivity contribution in [2.45, 2.75) is 25.7 Å². The number of sulfonamides is 1. The molecule has 1 aliphatic rings. The molecular formula is C9H18BrNO4S2. The van der Waals surface area contributed by atoms with Crippen molar-refractivity contribution < 1.29 is 16.8 Å². The first kappa shape index (κ1) is 15.4. The highest BCUT2D eigenvalue weighted by molar-refractivity contribution is 9.09. The van der Waals surface area contributed by atoms with Gasteiger partial charge in [0.1, 0.15) is 0 Å². The van der Waals surface area contributed by atoms with Crippen LogP contribution in [0.25, 0.3) is 0 Å². The van der Waals surface area contributed by atoms with Crippen LogP contribution in [0.15, 0.2) is 0 Å². The van der Waals surface area contributed by atoms with Crippen molar-refractivity contribution in [1.82, 2.24) is 4.72 Å². The minimum absolute atomic E-state index is 0.0510. The summed E-state index contributed by atoms with van der Waals surface area (Å²) in [7, 11) is -7.25. The predicted octanol–water partition coefficient (Wildman–Crippen LogP) is 0.863. The van der Waals surface area contributed by atoms with Crippen LogP contribution in [0.2, 0.25) is 0 Å². The number of nitrogens with one attached hydrogen (secondary N) is 1. The quantitative estimate of drug-likeness (QED) is 0.722. The molecule has 1 rings (SSSR count). The molecule has 0 saturated heterocycles. The summed E-state index contributed by atoms with van der Waals surface area (Å²) >= 11 is 3.41. The van der Waals surface area contributed by atoms with Gasteiger partial charge in [-0.1, -0.05) is 28.8 Å². The molecule has 1 N–H and O–H groups in total. The Bertz CT molecular complexity index is 451. The van der Waals surface area contributed by atoms with Crippen molar-refractivity contribution in [3.63, 3.8) is 0 Å². The number of sulfone groups is 1. The van der Waals surface area contributed by atoms with Crippen molar-refractivity contribution in [2.24, 2.45) is 5.41 Å². The van der Waals surface area contributed by atoms with Gasteiger partial charge in [-0.05, 0) is 18.3 Å². The lowest BCUT2D eigenvalue weighted by Crippen LogP contribution is -2.39. The standard InChI is InChI=1S/C9H18BrNO4S2/c1-16(12,13)8-17(14,15)11-7-9(6-10)4-2-3-5-9/h11H,2-8H2,1H3. The largest absolute Gasteiger partial charge is 0.228 e. The van der Waals surface area contributed by atoms with Crippen LogP contribution in [0.4, 0.5) is 0 Å². The SMILES string of the molecule is CS(=O)(=O)CS(=O)(=O)NCC1(CBr)CCCC1. The molecule has 0 aromatic rings. The predicted molar refractivity (Wildman–Crippen MR) is 71.3 cm³/mol. The Labute approximate surface area is 111 Å². The number of hydrogen-bond acceptors (Lipinski definition) is 4. The summed E-state index contributed by atoms with van der Waals surface area (Å²) in [4.78, 5) is 0. The second kappa shape index (κ2) is 5.54. The summed E-state index contributed by atoms with van der Waals surface area (Å²) in [5, 5.41) is -0.0975. The number of alkyl halides is 1. The Kier molecular flexibility index (Phi) is 5.02. The van der Waals surface area contributed by atoms with Crippen LogP contribution >= 0.6 is 15.9 Å². The molecule has 1 aliphatic carbocycles. The first-order chi connectivity index (χ1) is 7.68. The Morgan fingerprint density at radius 1 is 1.18 bits per heavy atom. The molecule has 8 heteroatoms. The summed E-state index contributed by atoms with van der Waals surface area (Å²) in [6, 6.07) is 0. The minimum atomic E-state index is -3.73. The Hall–Kier alpha value is 0.340. The maximum Gasteiger partial charge on any atom is 0.226 e. The van der Waals surface area contributed by atoms with Gasteiger partial charge in [-0.25, -0.2) is 21.6 Å².